The van der Waals surface area contributed by atoms with Crippen LogP contribution in [-0.4, -0.2) is 17.9 Å². The van der Waals surface area contributed by atoms with Crippen LogP contribution in [0.3, 0.4) is 0 Å². The van der Waals surface area contributed by atoms with Gasteiger partial charge in [-0.05, 0) is 13.0 Å². The quantitative estimate of drug-likeness (QED) is 0.775. The minimum absolute atomic E-state index is 0.121. The van der Waals surface area contributed by atoms with Gasteiger partial charge in [0.05, 0.1) is 0 Å². The van der Waals surface area contributed by atoms with Gasteiger partial charge in [0.15, 0.2) is 0 Å². The van der Waals surface area contributed by atoms with Gasteiger partial charge in [0, 0.05) is 9.90 Å². The summed E-state index contributed by atoms with van der Waals surface area (Å²) in [6.45, 7) is 2.02. The van der Waals surface area contributed by atoms with E-state index in [4.69, 9.17) is 5.11 Å². The van der Waals surface area contributed by atoms with Crippen molar-refractivity contribution in [3.8, 4) is 0 Å². The molecule has 1 unspecified atom stereocenters. The Hall–Kier alpha value is -1.03. The average molecular weight is 259 g/mol. The summed E-state index contributed by atoms with van der Waals surface area (Å²) in [5.74, 6) is 0. The van der Waals surface area contributed by atoms with Gasteiger partial charge in [-0.1, -0.05) is 40.2 Å². The van der Waals surface area contributed by atoms with Crippen LogP contribution in [0, 0.1) is 5.41 Å². The van der Waals surface area contributed by atoms with Crippen molar-refractivity contribution in [1.29, 1.82) is 0 Å². The second kappa shape index (κ2) is 4.46. The summed E-state index contributed by atoms with van der Waals surface area (Å²) in [6.07, 6.45) is 8.21. The molecule has 0 saturated heterocycles. The molecule has 1 atom stereocenters. The molecule has 1 aliphatic carbocycles. The maximum absolute atomic E-state index is 10.3. The molecule has 1 N–H and O–H groups in total. The van der Waals surface area contributed by atoms with Crippen LogP contribution in [0.15, 0.2) is 34.9 Å². The number of halogens is 1. The normalized spacial score (nSPS) is 25.4. The number of hydrogen-bond donors (Lipinski definition) is 1. The fourth-order valence-electron chi connectivity index (χ4n) is 1.14. The maximum Gasteiger partial charge on any atom is 0.505 e. The first-order chi connectivity index (χ1) is 6.52. The van der Waals surface area contributed by atoms with Gasteiger partial charge in [0.2, 0.25) is 0 Å². The summed E-state index contributed by atoms with van der Waals surface area (Å²) in [4.78, 5) is 10.3. The van der Waals surface area contributed by atoms with Crippen LogP contribution in [0.4, 0.5) is 4.79 Å². The smallest absolute Gasteiger partial charge is 0.450 e. The lowest BCUT2D eigenvalue weighted by atomic mass is 9.91. The topological polar surface area (TPSA) is 46.5 Å². The Morgan fingerprint density at radius 2 is 2.36 bits per heavy atom. The monoisotopic (exact) mass is 258 g/mol. The van der Waals surface area contributed by atoms with Crippen LogP contribution in [0.1, 0.15) is 6.92 Å². The molecular weight excluding hydrogens is 248 g/mol. The minimum atomic E-state index is -1.25. The number of ether oxygens (including phenoxy) is 1. The van der Waals surface area contributed by atoms with E-state index in [1.165, 1.54) is 0 Å². The van der Waals surface area contributed by atoms with Crippen molar-refractivity contribution >= 4 is 22.1 Å². The third-order valence-corrected chi connectivity index (χ3v) is 2.31. The van der Waals surface area contributed by atoms with Crippen LogP contribution in [0.25, 0.3) is 0 Å². The highest BCUT2D eigenvalue weighted by Crippen LogP contribution is 2.27. The van der Waals surface area contributed by atoms with Crippen molar-refractivity contribution in [2.75, 3.05) is 6.61 Å². The van der Waals surface area contributed by atoms with E-state index in [1.807, 2.05) is 37.3 Å². The molecule has 0 amide bonds. The van der Waals surface area contributed by atoms with Crippen LogP contribution in [0.2, 0.25) is 0 Å². The summed E-state index contributed by atoms with van der Waals surface area (Å²) in [6, 6.07) is 0. The Labute approximate surface area is 90.9 Å². The highest BCUT2D eigenvalue weighted by molar-refractivity contribution is 9.11. The van der Waals surface area contributed by atoms with E-state index in [0.29, 0.717) is 0 Å². The fourth-order valence-corrected chi connectivity index (χ4v) is 1.82. The molecule has 0 aromatic rings. The van der Waals surface area contributed by atoms with Crippen LogP contribution >= 0.6 is 15.9 Å². The number of allylic oxidation sites excluding steroid dienone is 4. The predicted molar refractivity (Wildman–Crippen MR) is 57.4 cm³/mol. The lowest BCUT2D eigenvalue weighted by molar-refractivity contribution is 0.0742. The van der Waals surface area contributed by atoms with Crippen molar-refractivity contribution in [2.45, 2.75) is 6.92 Å². The molecule has 4 heteroatoms. The van der Waals surface area contributed by atoms with E-state index in [1.54, 1.807) is 0 Å². The molecule has 0 aromatic heterocycles. The van der Waals surface area contributed by atoms with Gasteiger partial charge in [-0.25, -0.2) is 4.79 Å². The Kier molecular flexibility index (Phi) is 3.52. The lowest BCUT2D eigenvalue weighted by Crippen LogP contribution is -2.20. The Bertz CT molecular complexity index is 317. The molecular formula is C10H11BrO3. The number of carbonyl (C=O) groups is 1. The van der Waals surface area contributed by atoms with Gasteiger partial charge in [-0.15, -0.1) is 0 Å². The molecule has 0 aromatic carbocycles. The predicted octanol–water partition coefficient (Wildman–Crippen LogP) is 3.09. The SMILES string of the molecule is CC1(COC(=O)O)C=CC=CC(Br)=C1. The second-order valence-electron chi connectivity index (χ2n) is 3.31. The van der Waals surface area contributed by atoms with Gasteiger partial charge in [-0.3, -0.25) is 0 Å². The number of rotatable bonds is 2. The Morgan fingerprint density at radius 3 is 3.00 bits per heavy atom. The largest absolute Gasteiger partial charge is 0.505 e. The van der Waals surface area contributed by atoms with Gasteiger partial charge in [0.25, 0.3) is 0 Å². The van der Waals surface area contributed by atoms with Crippen molar-refractivity contribution < 1.29 is 14.6 Å². The van der Waals surface area contributed by atoms with E-state index in [0.717, 1.165) is 4.48 Å². The summed E-state index contributed by atoms with van der Waals surface area (Å²) in [7, 11) is 0. The summed E-state index contributed by atoms with van der Waals surface area (Å²) in [5, 5.41) is 8.40. The van der Waals surface area contributed by atoms with Crippen LogP contribution in [-0.2, 0) is 4.74 Å². The number of carboxylic acid groups (broad SMARTS) is 1. The van der Waals surface area contributed by atoms with E-state index in [-0.39, 0.29) is 12.0 Å². The molecule has 0 radical (unpaired) electrons. The molecule has 0 aliphatic heterocycles. The van der Waals surface area contributed by atoms with Gasteiger partial charge in [0.1, 0.15) is 6.61 Å². The Balaban J connectivity index is 2.73. The van der Waals surface area contributed by atoms with E-state index in [9.17, 15) is 4.79 Å². The molecule has 1 aliphatic rings. The molecule has 0 spiro atoms. The van der Waals surface area contributed by atoms with E-state index < -0.39 is 6.16 Å². The fraction of sp³-hybridized carbons (Fsp3) is 0.300. The third kappa shape index (κ3) is 3.38. The summed E-state index contributed by atoms with van der Waals surface area (Å²) < 4.78 is 5.48. The van der Waals surface area contributed by atoms with Gasteiger partial charge in [-0.2, -0.15) is 0 Å². The highest BCUT2D eigenvalue weighted by atomic mass is 79.9. The van der Waals surface area contributed by atoms with Gasteiger partial charge < -0.3 is 9.84 Å². The molecule has 14 heavy (non-hydrogen) atoms. The zero-order valence-electron chi connectivity index (χ0n) is 7.74. The minimum Gasteiger partial charge on any atom is -0.450 e. The average Bonchev–Trinajstić information content (AvgIpc) is 2.25. The van der Waals surface area contributed by atoms with Crippen molar-refractivity contribution in [2.24, 2.45) is 5.41 Å². The first kappa shape index (κ1) is 11.0. The standard InChI is InChI=1S/C10H11BrO3/c1-10(7-14-9(12)13)5-3-2-4-8(11)6-10/h2-6H,7H2,1H3,(H,12,13). The first-order valence-corrected chi connectivity index (χ1v) is 4.91. The van der Waals surface area contributed by atoms with E-state index >= 15 is 0 Å². The van der Waals surface area contributed by atoms with Crippen LogP contribution < -0.4 is 0 Å². The molecule has 0 fully saturated rings. The molecule has 76 valence electrons. The van der Waals surface area contributed by atoms with Gasteiger partial charge >= 0.3 is 6.16 Å². The zero-order chi connectivity index (χ0) is 10.6. The summed E-state index contributed by atoms with van der Waals surface area (Å²) >= 11 is 3.35. The summed E-state index contributed by atoms with van der Waals surface area (Å²) in [5.41, 5.74) is -0.388. The molecule has 0 heterocycles. The van der Waals surface area contributed by atoms with Crippen molar-refractivity contribution in [1.82, 2.24) is 0 Å². The highest BCUT2D eigenvalue weighted by Gasteiger charge is 2.21. The molecule has 0 bridgehead atoms. The molecule has 1 rings (SSSR count). The van der Waals surface area contributed by atoms with Crippen molar-refractivity contribution in [3.63, 3.8) is 0 Å². The van der Waals surface area contributed by atoms with E-state index in [2.05, 4.69) is 20.7 Å². The molecule has 3 nitrogen and oxygen atoms in total. The first-order valence-electron chi connectivity index (χ1n) is 4.12. The Morgan fingerprint density at radius 1 is 1.64 bits per heavy atom. The zero-order valence-corrected chi connectivity index (χ0v) is 9.32. The second-order valence-corrected chi connectivity index (χ2v) is 4.22. The maximum atomic E-state index is 10.3. The van der Waals surface area contributed by atoms with Crippen molar-refractivity contribution in [3.05, 3.63) is 34.9 Å². The van der Waals surface area contributed by atoms with Crippen LogP contribution in [0.5, 0.6) is 0 Å². The number of hydrogen-bond acceptors (Lipinski definition) is 2. The lowest BCUT2D eigenvalue weighted by Gasteiger charge is -2.20. The molecule has 0 saturated carbocycles. The third-order valence-electron chi connectivity index (χ3n) is 1.82.